The summed E-state index contributed by atoms with van der Waals surface area (Å²) < 4.78 is 29.0. The monoisotopic (exact) mass is 333 g/mol. The minimum absolute atomic E-state index is 0.172. The number of halogens is 2. The molecule has 0 atom stereocenters. The third-order valence-electron chi connectivity index (χ3n) is 3.16. The molecule has 0 aliphatic carbocycles. The number of nitrogens with zero attached hydrogens (tertiary/aromatic N) is 1. The van der Waals surface area contributed by atoms with Crippen molar-refractivity contribution in [3.8, 4) is 23.0 Å². The molecule has 0 aliphatic heterocycles. The maximum Gasteiger partial charge on any atom is 0.226 e. The fourth-order valence-electron chi connectivity index (χ4n) is 1.98. The highest BCUT2D eigenvalue weighted by molar-refractivity contribution is 6.32. The van der Waals surface area contributed by atoms with Crippen molar-refractivity contribution in [3.63, 3.8) is 0 Å². The first-order valence-electron chi connectivity index (χ1n) is 6.82. The van der Waals surface area contributed by atoms with E-state index >= 15 is 0 Å². The van der Waals surface area contributed by atoms with Gasteiger partial charge in [0.2, 0.25) is 5.89 Å². The molecule has 6 heteroatoms. The summed E-state index contributed by atoms with van der Waals surface area (Å²) in [6.45, 7) is 0.172. The Morgan fingerprint density at radius 2 is 1.96 bits per heavy atom. The highest BCUT2D eigenvalue weighted by Crippen LogP contribution is 2.26. The molecule has 1 aromatic heterocycles. The van der Waals surface area contributed by atoms with Crippen LogP contribution in [0.15, 0.2) is 53.1 Å². The molecule has 0 aliphatic rings. The zero-order valence-corrected chi connectivity index (χ0v) is 13.0. The Morgan fingerprint density at radius 3 is 2.65 bits per heavy atom. The second kappa shape index (κ2) is 6.71. The van der Waals surface area contributed by atoms with Crippen molar-refractivity contribution in [1.29, 1.82) is 0 Å². The fourth-order valence-corrected chi connectivity index (χ4v) is 2.21. The van der Waals surface area contributed by atoms with Gasteiger partial charge in [0.25, 0.3) is 0 Å². The van der Waals surface area contributed by atoms with Crippen LogP contribution >= 0.6 is 11.6 Å². The third-order valence-corrected chi connectivity index (χ3v) is 3.45. The van der Waals surface area contributed by atoms with Crippen LogP contribution in [0.5, 0.6) is 11.5 Å². The fraction of sp³-hybridized carbons (Fsp3) is 0.118. The van der Waals surface area contributed by atoms with E-state index in [0.717, 1.165) is 11.3 Å². The first-order chi connectivity index (χ1) is 11.2. The van der Waals surface area contributed by atoms with Gasteiger partial charge in [-0.05, 0) is 42.5 Å². The molecule has 0 unspecified atom stereocenters. The Bertz CT molecular complexity index is 802. The summed E-state index contributed by atoms with van der Waals surface area (Å²) in [5.74, 6) is 1.22. The van der Waals surface area contributed by atoms with Crippen molar-refractivity contribution in [2.24, 2.45) is 0 Å². The highest BCUT2D eigenvalue weighted by Gasteiger charge is 2.09. The van der Waals surface area contributed by atoms with Gasteiger partial charge in [0, 0.05) is 5.56 Å². The molecular formula is C17H13ClFNO3. The molecule has 4 nitrogen and oxygen atoms in total. The van der Waals surface area contributed by atoms with Gasteiger partial charge in [-0.2, -0.15) is 0 Å². The lowest BCUT2D eigenvalue weighted by atomic mass is 10.2. The van der Waals surface area contributed by atoms with Crippen LogP contribution in [-0.2, 0) is 6.61 Å². The van der Waals surface area contributed by atoms with Gasteiger partial charge in [-0.1, -0.05) is 11.6 Å². The molecule has 0 saturated carbocycles. The van der Waals surface area contributed by atoms with Crippen LogP contribution < -0.4 is 9.47 Å². The lowest BCUT2D eigenvalue weighted by Crippen LogP contribution is -1.96. The molecule has 23 heavy (non-hydrogen) atoms. The lowest BCUT2D eigenvalue weighted by molar-refractivity contribution is 0.300. The number of methoxy groups -OCH3 is 1. The van der Waals surface area contributed by atoms with E-state index in [2.05, 4.69) is 4.98 Å². The molecule has 0 spiro atoms. The number of oxazole rings is 1. The quantitative estimate of drug-likeness (QED) is 0.677. The standard InChI is InChI=1S/C17H13ClFNO3/c1-21-14-5-2-11(3-6-14)17-20-13(10-23-17)9-22-16-7-4-12(19)8-15(16)18/h2-8,10H,9H2,1H3. The van der Waals surface area contributed by atoms with Gasteiger partial charge in [-0.15, -0.1) is 0 Å². The average molecular weight is 334 g/mol. The molecule has 1 heterocycles. The molecular weight excluding hydrogens is 321 g/mol. The van der Waals surface area contributed by atoms with Gasteiger partial charge in [0.15, 0.2) is 0 Å². The van der Waals surface area contributed by atoms with Crippen LogP contribution in [0, 0.1) is 5.82 Å². The van der Waals surface area contributed by atoms with Crippen LogP contribution in [0.2, 0.25) is 5.02 Å². The van der Waals surface area contributed by atoms with Crippen molar-refractivity contribution in [1.82, 2.24) is 4.98 Å². The second-order valence-electron chi connectivity index (χ2n) is 4.74. The van der Waals surface area contributed by atoms with Crippen molar-refractivity contribution in [2.45, 2.75) is 6.61 Å². The van der Waals surface area contributed by atoms with Crippen molar-refractivity contribution >= 4 is 11.6 Å². The summed E-state index contributed by atoms with van der Waals surface area (Å²) in [6, 6.07) is 11.3. The molecule has 3 rings (SSSR count). The molecule has 0 radical (unpaired) electrons. The van der Waals surface area contributed by atoms with Crippen molar-refractivity contribution in [3.05, 3.63) is 65.3 Å². The average Bonchev–Trinajstić information content (AvgIpc) is 3.03. The zero-order valence-electron chi connectivity index (χ0n) is 12.3. The molecule has 0 fully saturated rings. The molecule has 2 aromatic carbocycles. The third kappa shape index (κ3) is 3.63. The number of ether oxygens (including phenoxy) is 2. The minimum atomic E-state index is -0.412. The summed E-state index contributed by atoms with van der Waals surface area (Å²) in [5.41, 5.74) is 1.44. The second-order valence-corrected chi connectivity index (χ2v) is 5.14. The van der Waals surface area contributed by atoms with E-state index in [-0.39, 0.29) is 11.6 Å². The van der Waals surface area contributed by atoms with Crippen molar-refractivity contribution < 1.29 is 18.3 Å². The summed E-state index contributed by atoms with van der Waals surface area (Å²) in [7, 11) is 1.61. The van der Waals surface area contributed by atoms with Gasteiger partial charge < -0.3 is 13.9 Å². The van der Waals surface area contributed by atoms with Crippen LogP contribution in [-0.4, -0.2) is 12.1 Å². The van der Waals surface area contributed by atoms with Gasteiger partial charge >= 0.3 is 0 Å². The number of rotatable bonds is 5. The first kappa shape index (κ1) is 15.4. The Morgan fingerprint density at radius 1 is 1.17 bits per heavy atom. The van der Waals surface area contributed by atoms with Crippen LogP contribution in [0.3, 0.4) is 0 Å². The predicted molar refractivity (Wildman–Crippen MR) is 84.2 cm³/mol. The van der Waals surface area contributed by atoms with Gasteiger partial charge in [-0.3, -0.25) is 0 Å². The largest absolute Gasteiger partial charge is 0.497 e. The van der Waals surface area contributed by atoms with Crippen LogP contribution in [0.25, 0.3) is 11.5 Å². The van der Waals surface area contributed by atoms with E-state index in [1.807, 2.05) is 24.3 Å². The van der Waals surface area contributed by atoms with Crippen molar-refractivity contribution in [2.75, 3.05) is 7.11 Å². The number of benzene rings is 2. The van der Waals surface area contributed by atoms with Gasteiger partial charge in [-0.25, -0.2) is 9.37 Å². The van der Waals surface area contributed by atoms with E-state index in [0.29, 0.717) is 17.3 Å². The SMILES string of the molecule is COc1ccc(-c2nc(COc3ccc(F)cc3Cl)co2)cc1. The summed E-state index contributed by atoms with van der Waals surface area (Å²) in [6.07, 6.45) is 1.51. The molecule has 0 amide bonds. The van der Waals surface area contributed by atoms with Gasteiger partial charge in [0.05, 0.1) is 12.1 Å². The Kier molecular flexibility index (Phi) is 4.48. The zero-order chi connectivity index (χ0) is 16.2. The molecule has 118 valence electrons. The lowest BCUT2D eigenvalue weighted by Gasteiger charge is -2.05. The minimum Gasteiger partial charge on any atom is -0.497 e. The van der Waals surface area contributed by atoms with E-state index < -0.39 is 5.82 Å². The Hall–Kier alpha value is -2.53. The van der Waals surface area contributed by atoms with E-state index in [1.54, 1.807) is 7.11 Å². The van der Waals surface area contributed by atoms with Crippen LogP contribution in [0.1, 0.15) is 5.69 Å². The van der Waals surface area contributed by atoms with E-state index in [1.165, 1.54) is 24.5 Å². The number of aromatic nitrogens is 1. The molecule has 0 N–H and O–H groups in total. The molecule has 0 bridgehead atoms. The van der Waals surface area contributed by atoms with Crippen LogP contribution in [0.4, 0.5) is 4.39 Å². The van der Waals surface area contributed by atoms with E-state index in [4.69, 9.17) is 25.5 Å². The Balaban J connectivity index is 1.69. The maximum atomic E-state index is 13.0. The van der Waals surface area contributed by atoms with Gasteiger partial charge in [0.1, 0.15) is 35.9 Å². The first-order valence-corrected chi connectivity index (χ1v) is 7.20. The predicted octanol–water partition coefficient (Wildman–Crippen LogP) is 4.72. The normalized spacial score (nSPS) is 10.6. The maximum absolute atomic E-state index is 13.0. The van der Waals surface area contributed by atoms with E-state index in [9.17, 15) is 4.39 Å². The summed E-state index contributed by atoms with van der Waals surface area (Å²) in [5, 5.41) is 0.212. The number of hydrogen-bond donors (Lipinski definition) is 0. The topological polar surface area (TPSA) is 44.5 Å². The number of hydrogen-bond acceptors (Lipinski definition) is 4. The molecule has 0 saturated heterocycles. The highest BCUT2D eigenvalue weighted by atomic mass is 35.5. The molecule has 3 aromatic rings. The summed E-state index contributed by atoms with van der Waals surface area (Å²) >= 11 is 5.90. The smallest absolute Gasteiger partial charge is 0.226 e. The Labute approximate surface area is 137 Å². The summed E-state index contributed by atoms with van der Waals surface area (Å²) in [4.78, 5) is 4.35.